The first kappa shape index (κ1) is 16.9. The van der Waals surface area contributed by atoms with E-state index in [1.54, 1.807) is 0 Å². The third-order valence-electron chi connectivity index (χ3n) is 4.17. The number of nitriles is 1. The Bertz CT molecular complexity index is 769. The van der Waals surface area contributed by atoms with Crippen LogP contribution < -0.4 is 20.3 Å². The lowest BCUT2D eigenvalue weighted by Crippen LogP contribution is -2.41. The van der Waals surface area contributed by atoms with Crippen LogP contribution in [0.25, 0.3) is 0 Å². The quantitative estimate of drug-likeness (QED) is 0.825. The van der Waals surface area contributed by atoms with E-state index in [9.17, 15) is 0 Å². The second-order valence-electron chi connectivity index (χ2n) is 5.70. The largest absolute Gasteiger partial charge is 0.479 e. The molecule has 3 heterocycles. The van der Waals surface area contributed by atoms with Crippen LogP contribution in [0.3, 0.4) is 0 Å². The molecule has 25 heavy (non-hydrogen) atoms. The van der Waals surface area contributed by atoms with Crippen molar-refractivity contribution in [3.63, 3.8) is 0 Å². The molecule has 0 unspecified atom stereocenters. The third kappa shape index (κ3) is 3.92. The van der Waals surface area contributed by atoms with Crippen molar-refractivity contribution in [3.8, 4) is 11.9 Å². The van der Waals surface area contributed by atoms with Crippen LogP contribution in [-0.2, 0) is 0 Å². The average molecular weight is 340 g/mol. The molecule has 9 heteroatoms. The summed E-state index contributed by atoms with van der Waals surface area (Å²) >= 11 is 0. The summed E-state index contributed by atoms with van der Waals surface area (Å²) in [5.41, 5.74) is 0.141. The number of nitrogens with one attached hydrogen (secondary N) is 2. The molecule has 2 aromatic rings. The first-order chi connectivity index (χ1) is 12.2. The Morgan fingerprint density at radius 2 is 2.08 bits per heavy atom. The van der Waals surface area contributed by atoms with Crippen molar-refractivity contribution in [3.05, 3.63) is 24.3 Å². The van der Waals surface area contributed by atoms with E-state index in [0.29, 0.717) is 17.7 Å². The number of nitrogens with zero attached hydrogens (tertiary/aromatic N) is 6. The van der Waals surface area contributed by atoms with Crippen LogP contribution in [0, 0.1) is 11.3 Å². The van der Waals surface area contributed by atoms with Crippen molar-refractivity contribution in [1.82, 2.24) is 25.3 Å². The average Bonchev–Trinajstić information content (AvgIpc) is 2.68. The van der Waals surface area contributed by atoms with Crippen LogP contribution in [0.5, 0.6) is 5.88 Å². The zero-order chi connectivity index (χ0) is 17.6. The molecule has 9 nitrogen and oxygen atoms in total. The molecule has 1 aliphatic heterocycles. The SMILES string of the molecule is COc1nc(Nc2cc(N(C)C3CCNCC3)ncn2)cnc1C#N. The summed E-state index contributed by atoms with van der Waals surface area (Å²) in [6.45, 7) is 2.04. The van der Waals surface area contributed by atoms with Gasteiger partial charge in [-0.15, -0.1) is 0 Å². The topological polar surface area (TPSA) is 112 Å². The summed E-state index contributed by atoms with van der Waals surface area (Å²) in [6.07, 6.45) is 5.16. The van der Waals surface area contributed by atoms with Crippen LogP contribution in [-0.4, -0.2) is 53.2 Å². The van der Waals surface area contributed by atoms with Crippen LogP contribution >= 0.6 is 0 Å². The van der Waals surface area contributed by atoms with Gasteiger partial charge in [0, 0.05) is 19.2 Å². The maximum absolute atomic E-state index is 8.97. The van der Waals surface area contributed by atoms with E-state index in [2.05, 4.69) is 35.5 Å². The molecule has 0 aliphatic carbocycles. The van der Waals surface area contributed by atoms with Gasteiger partial charge >= 0.3 is 0 Å². The van der Waals surface area contributed by atoms with E-state index in [-0.39, 0.29) is 11.6 Å². The van der Waals surface area contributed by atoms with E-state index in [1.165, 1.54) is 19.6 Å². The smallest absolute Gasteiger partial charge is 0.252 e. The highest BCUT2D eigenvalue weighted by Gasteiger charge is 2.19. The van der Waals surface area contributed by atoms with Crippen molar-refractivity contribution in [1.29, 1.82) is 5.26 Å². The first-order valence-electron chi connectivity index (χ1n) is 8.05. The lowest BCUT2D eigenvalue weighted by molar-refractivity contribution is 0.394. The number of aromatic nitrogens is 4. The summed E-state index contributed by atoms with van der Waals surface area (Å²) in [7, 11) is 3.50. The van der Waals surface area contributed by atoms with E-state index in [4.69, 9.17) is 10.00 Å². The normalized spacial score (nSPS) is 14.6. The van der Waals surface area contributed by atoms with Crippen molar-refractivity contribution < 1.29 is 4.74 Å². The molecule has 1 fully saturated rings. The Hall–Kier alpha value is -2.99. The monoisotopic (exact) mass is 340 g/mol. The van der Waals surface area contributed by atoms with E-state index in [0.717, 1.165) is 31.7 Å². The van der Waals surface area contributed by atoms with Gasteiger partial charge in [0.1, 0.15) is 24.0 Å². The number of hydrogen-bond acceptors (Lipinski definition) is 9. The van der Waals surface area contributed by atoms with Gasteiger partial charge in [-0.3, -0.25) is 0 Å². The Balaban J connectivity index is 1.76. The lowest BCUT2D eigenvalue weighted by atomic mass is 10.1. The second kappa shape index (κ2) is 7.72. The predicted molar refractivity (Wildman–Crippen MR) is 92.9 cm³/mol. The molecule has 0 atom stereocenters. The molecule has 2 N–H and O–H groups in total. The van der Waals surface area contributed by atoms with Gasteiger partial charge in [0.25, 0.3) is 5.88 Å². The molecular formula is C16H20N8O. The number of piperidine rings is 1. The minimum Gasteiger partial charge on any atom is -0.479 e. The number of ether oxygens (including phenoxy) is 1. The third-order valence-corrected chi connectivity index (χ3v) is 4.17. The molecular weight excluding hydrogens is 320 g/mol. The fourth-order valence-corrected chi connectivity index (χ4v) is 2.77. The summed E-state index contributed by atoms with van der Waals surface area (Å²) in [5, 5.41) is 15.4. The first-order valence-corrected chi connectivity index (χ1v) is 8.05. The Kier molecular flexibility index (Phi) is 5.20. The highest BCUT2D eigenvalue weighted by atomic mass is 16.5. The maximum atomic E-state index is 8.97. The van der Waals surface area contributed by atoms with Gasteiger partial charge in [-0.05, 0) is 25.9 Å². The summed E-state index contributed by atoms with van der Waals surface area (Å²) in [6, 6.07) is 4.26. The Morgan fingerprint density at radius 3 is 2.80 bits per heavy atom. The Morgan fingerprint density at radius 1 is 1.28 bits per heavy atom. The highest BCUT2D eigenvalue weighted by molar-refractivity contribution is 5.56. The fourth-order valence-electron chi connectivity index (χ4n) is 2.77. The lowest BCUT2D eigenvalue weighted by Gasteiger charge is -2.32. The second-order valence-corrected chi connectivity index (χ2v) is 5.70. The zero-order valence-electron chi connectivity index (χ0n) is 14.2. The van der Waals surface area contributed by atoms with Gasteiger partial charge in [0.15, 0.2) is 5.82 Å². The van der Waals surface area contributed by atoms with Gasteiger partial charge in [-0.2, -0.15) is 10.2 Å². The van der Waals surface area contributed by atoms with Crippen molar-refractivity contribution in [2.45, 2.75) is 18.9 Å². The molecule has 1 aliphatic rings. The fraction of sp³-hybridized carbons (Fsp3) is 0.438. The van der Waals surface area contributed by atoms with Gasteiger partial charge < -0.3 is 20.3 Å². The molecule has 0 amide bonds. The predicted octanol–water partition coefficient (Wildman–Crippen LogP) is 1.08. The van der Waals surface area contributed by atoms with Gasteiger partial charge in [-0.25, -0.2) is 15.0 Å². The van der Waals surface area contributed by atoms with Crippen LogP contribution in [0.4, 0.5) is 17.5 Å². The molecule has 3 rings (SSSR count). The standard InChI is InChI=1S/C16H20N8O/c1-24(11-3-5-18-6-4-11)15-7-13(20-10-21-15)22-14-9-19-12(8-17)16(23-14)25-2/h7,9-11,18H,3-6H2,1-2H3,(H,20,21,22,23). The van der Waals surface area contributed by atoms with Crippen LogP contribution in [0.15, 0.2) is 18.6 Å². The van der Waals surface area contributed by atoms with E-state index < -0.39 is 0 Å². The van der Waals surface area contributed by atoms with Crippen molar-refractivity contribution in [2.75, 3.05) is 37.5 Å². The minimum atomic E-state index is 0.141. The highest BCUT2D eigenvalue weighted by Crippen LogP contribution is 2.22. The van der Waals surface area contributed by atoms with E-state index in [1.807, 2.05) is 19.2 Å². The molecule has 130 valence electrons. The van der Waals surface area contributed by atoms with Gasteiger partial charge in [0.05, 0.1) is 13.3 Å². The number of rotatable bonds is 5. The van der Waals surface area contributed by atoms with Gasteiger partial charge in [0.2, 0.25) is 5.69 Å². The summed E-state index contributed by atoms with van der Waals surface area (Å²) < 4.78 is 5.07. The van der Waals surface area contributed by atoms with Crippen LogP contribution in [0.1, 0.15) is 18.5 Å². The molecule has 1 saturated heterocycles. The molecule has 0 saturated carbocycles. The Labute approximate surface area is 146 Å². The number of methoxy groups -OCH3 is 1. The molecule has 0 bridgehead atoms. The molecule has 0 aromatic carbocycles. The summed E-state index contributed by atoms with van der Waals surface area (Å²) in [4.78, 5) is 19.0. The zero-order valence-corrected chi connectivity index (χ0v) is 14.2. The number of anilines is 3. The minimum absolute atomic E-state index is 0.141. The molecule has 0 spiro atoms. The molecule has 2 aromatic heterocycles. The van der Waals surface area contributed by atoms with Gasteiger partial charge in [-0.1, -0.05) is 0 Å². The van der Waals surface area contributed by atoms with Crippen LogP contribution in [0.2, 0.25) is 0 Å². The summed E-state index contributed by atoms with van der Waals surface area (Å²) in [5.74, 6) is 2.07. The molecule has 0 radical (unpaired) electrons. The number of hydrogen-bond donors (Lipinski definition) is 2. The van der Waals surface area contributed by atoms with Crippen molar-refractivity contribution in [2.24, 2.45) is 0 Å². The van der Waals surface area contributed by atoms with Crippen molar-refractivity contribution >= 4 is 17.5 Å². The van der Waals surface area contributed by atoms with E-state index >= 15 is 0 Å². The maximum Gasteiger partial charge on any atom is 0.252 e.